The number of amides is 1. The van der Waals surface area contributed by atoms with Gasteiger partial charge in [0.15, 0.2) is 11.5 Å². The fourth-order valence-corrected chi connectivity index (χ4v) is 3.50. The van der Waals surface area contributed by atoms with Crippen LogP contribution in [0.25, 0.3) is 0 Å². The van der Waals surface area contributed by atoms with E-state index in [4.69, 9.17) is 18.9 Å². The lowest BCUT2D eigenvalue weighted by atomic mass is 10.1. The van der Waals surface area contributed by atoms with E-state index in [0.717, 1.165) is 24.4 Å². The summed E-state index contributed by atoms with van der Waals surface area (Å²) >= 11 is 0. The molecule has 0 saturated carbocycles. The van der Waals surface area contributed by atoms with Crippen molar-refractivity contribution >= 4 is 5.91 Å². The van der Waals surface area contributed by atoms with Gasteiger partial charge in [-0.1, -0.05) is 6.07 Å². The average molecular weight is 400 g/mol. The molecule has 1 aliphatic rings. The van der Waals surface area contributed by atoms with E-state index in [1.807, 2.05) is 35.2 Å². The number of carbonyl (C=O) groups excluding carboxylic acids is 1. The maximum absolute atomic E-state index is 12.8. The van der Waals surface area contributed by atoms with Crippen molar-refractivity contribution in [3.63, 3.8) is 0 Å². The predicted octanol–water partition coefficient (Wildman–Crippen LogP) is 2.68. The Balaban J connectivity index is 1.64. The first-order chi connectivity index (χ1) is 14.1. The number of piperazine rings is 1. The van der Waals surface area contributed by atoms with Crippen molar-refractivity contribution < 1.29 is 23.7 Å². The molecular weight excluding hydrogens is 372 g/mol. The van der Waals surface area contributed by atoms with Crippen LogP contribution >= 0.6 is 0 Å². The lowest BCUT2D eigenvalue weighted by molar-refractivity contribution is 0.0627. The molecule has 3 rings (SSSR count). The number of rotatable bonds is 7. The second-order valence-corrected chi connectivity index (χ2v) is 6.82. The van der Waals surface area contributed by atoms with Gasteiger partial charge >= 0.3 is 0 Å². The standard InChI is InChI=1S/C22H28N2O5/c1-26-18-7-5-6-16(12-18)22(25)24-10-8-23(9-11-24)15-17-13-20(28-3)21(29-4)14-19(17)27-2/h5-7,12-14H,8-11,15H2,1-4H3. The molecule has 2 aromatic carbocycles. The Morgan fingerprint density at radius 1 is 0.828 bits per heavy atom. The van der Waals surface area contributed by atoms with Crippen LogP contribution in [0.4, 0.5) is 0 Å². The van der Waals surface area contributed by atoms with Crippen LogP contribution in [0.15, 0.2) is 36.4 Å². The number of nitrogens with zero attached hydrogens (tertiary/aromatic N) is 2. The fourth-order valence-electron chi connectivity index (χ4n) is 3.50. The SMILES string of the molecule is COc1cccc(C(=O)N2CCN(Cc3cc(OC)c(OC)cc3OC)CC2)c1. The third kappa shape index (κ3) is 4.74. The number of ether oxygens (including phenoxy) is 4. The largest absolute Gasteiger partial charge is 0.497 e. The monoisotopic (exact) mass is 400 g/mol. The van der Waals surface area contributed by atoms with Gasteiger partial charge in [-0.05, 0) is 24.3 Å². The van der Waals surface area contributed by atoms with Crippen LogP contribution in [0.1, 0.15) is 15.9 Å². The Bertz CT molecular complexity index is 847. The van der Waals surface area contributed by atoms with Crippen LogP contribution in [-0.4, -0.2) is 70.3 Å². The van der Waals surface area contributed by atoms with Gasteiger partial charge in [0.1, 0.15) is 11.5 Å². The minimum absolute atomic E-state index is 0.0345. The van der Waals surface area contributed by atoms with Gasteiger partial charge in [0.05, 0.1) is 28.4 Å². The molecule has 0 bridgehead atoms. The molecule has 0 aliphatic carbocycles. The number of carbonyl (C=O) groups is 1. The molecule has 1 heterocycles. The van der Waals surface area contributed by atoms with Crippen LogP contribution in [-0.2, 0) is 6.54 Å². The van der Waals surface area contributed by atoms with Gasteiger partial charge in [-0.15, -0.1) is 0 Å². The molecule has 1 aliphatic heterocycles. The molecule has 0 spiro atoms. The van der Waals surface area contributed by atoms with Crippen molar-refractivity contribution in [1.82, 2.24) is 9.80 Å². The highest BCUT2D eigenvalue weighted by Crippen LogP contribution is 2.35. The van der Waals surface area contributed by atoms with Crippen LogP contribution in [0.2, 0.25) is 0 Å². The van der Waals surface area contributed by atoms with Crippen molar-refractivity contribution in [3.8, 4) is 23.0 Å². The number of hydrogen-bond donors (Lipinski definition) is 0. The first-order valence-corrected chi connectivity index (χ1v) is 9.54. The molecule has 0 aromatic heterocycles. The summed E-state index contributed by atoms with van der Waals surface area (Å²) in [5.41, 5.74) is 1.68. The predicted molar refractivity (Wildman–Crippen MR) is 110 cm³/mol. The topological polar surface area (TPSA) is 60.5 Å². The van der Waals surface area contributed by atoms with Gasteiger partial charge in [0.25, 0.3) is 5.91 Å². The second kappa shape index (κ2) is 9.52. The lowest BCUT2D eigenvalue weighted by Gasteiger charge is -2.35. The highest BCUT2D eigenvalue weighted by atomic mass is 16.5. The molecule has 156 valence electrons. The van der Waals surface area contributed by atoms with Gasteiger partial charge < -0.3 is 23.8 Å². The first kappa shape index (κ1) is 20.8. The first-order valence-electron chi connectivity index (χ1n) is 9.54. The molecule has 7 nitrogen and oxygen atoms in total. The quantitative estimate of drug-likeness (QED) is 0.712. The second-order valence-electron chi connectivity index (χ2n) is 6.82. The molecule has 1 saturated heterocycles. The van der Waals surface area contributed by atoms with Crippen molar-refractivity contribution in [1.29, 1.82) is 0 Å². The van der Waals surface area contributed by atoms with Crippen LogP contribution < -0.4 is 18.9 Å². The third-order valence-electron chi connectivity index (χ3n) is 5.16. The summed E-state index contributed by atoms with van der Waals surface area (Å²) in [5, 5.41) is 0. The number of hydrogen-bond acceptors (Lipinski definition) is 6. The Morgan fingerprint density at radius 3 is 2.10 bits per heavy atom. The summed E-state index contributed by atoms with van der Waals surface area (Å²) < 4.78 is 21.5. The number of methoxy groups -OCH3 is 4. The van der Waals surface area contributed by atoms with E-state index in [1.165, 1.54) is 0 Å². The summed E-state index contributed by atoms with van der Waals surface area (Å²) in [7, 11) is 6.48. The Hall–Kier alpha value is -2.93. The third-order valence-corrected chi connectivity index (χ3v) is 5.16. The minimum Gasteiger partial charge on any atom is -0.497 e. The van der Waals surface area contributed by atoms with Crippen LogP contribution in [0.3, 0.4) is 0 Å². The molecule has 29 heavy (non-hydrogen) atoms. The van der Waals surface area contributed by atoms with Gasteiger partial charge in [-0.25, -0.2) is 0 Å². The molecule has 0 N–H and O–H groups in total. The Morgan fingerprint density at radius 2 is 1.48 bits per heavy atom. The molecule has 2 aromatic rings. The van der Waals surface area contributed by atoms with Gasteiger partial charge in [-0.3, -0.25) is 9.69 Å². The van der Waals surface area contributed by atoms with Crippen molar-refractivity contribution in [2.24, 2.45) is 0 Å². The zero-order chi connectivity index (χ0) is 20.8. The molecule has 7 heteroatoms. The van der Waals surface area contributed by atoms with E-state index < -0.39 is 0 Å². The maximum atomic E-state index is 12.8. The van der Waals surface area contributed by atoms with E-state index in [9.17, 15) is 4.79 Å². The van der Waals surface area contributed by atoms with Crippen molar-refractivity contribution in [3.05, 3.63) is 47.5 Å². The van der Waals surface area contributed by atoms with E-state index in [1.54, 1.807) is 34.5 Å². The molecule has 0 radical (unpaired) electrons. The Kier molecular flexibility index (Phi) is 6.82. The molecule has 0 unspecified atom stereocenters. The highest BCUT2D eigenvalue weighted by Gasteiger charge is 2.23. The summed E-state index contributed by atoms with van der Waals surface area (Å²) in [6.45, 7) is 3.63. The molecule has 1 fully saturated rings. The van der Waals surface area contributed by atoms with Gasteiger partial charge in [-0.2, -0.15) is 0 Å². The summed E-state index contributed by atoms with van der Waals surface area (Å²) in [4.78, 5) is 17.0. The number of benzene rings is 2. The normalized spacial score (nSPS) is 14.4. The van der Waals surface area contributed by atoms with Crippen molar-refractivity contribution in [2.45, 2.75) is 6.54 Å². The van der Waals surface area contributed by atoms with Crippen LogP contribution in [0, 0.1) is 0 Å². The smallest absolute Gasteiger partial charge is 0.254 e. The Labute approximate surface area is 171 Å². The molecule has 1 amide bonds. The van der Waals surface area contributed by atoms with E-state index in [-0.39, 0.29) is 5.91 Å². The molecular formula is C22H28N2O5. The zero-order valence-electron chi connectivity index (χ0n) is 17.4. The van der Waals surface area contributed by atoms with E-state index in [2.05, 4.69) is 4.90 Å². The summed E-state index contributed by atoms with van der Waals surface area (Å²) in [6, 6.07) is 11.1. The van der Waals surface area contributed by atoms with Gasteiger partial charge in [0, 0.05) is 49.9 Å². The minimum atomic E-state index is 0.0345. The maximum Gasteiger partial charge on any atom is 0.254 e. The summed E-state index contributed by atoms with van der Waals surface area (Å²) in [6.07, 6.45) is 0. The lowest BCUT2D eigenvalue weighted by Crippen LogP contribution is -2.48. The van der Waals surface area contributed by atoms with Crippen molar-refractivity contribution in [2.75, 3.05) is 54.6 Å². The highest BCUT2D eigenvalue weighted by molar-refractivity contribution is 5.94. The van der Waals surface area contributed by atoms with E-state index in [0.29, 0.717) is 42.4 Å². The summed E-state index contributed by atoms with van der Waals surface area (Å²) in [5.74, 6) is 2.80. The zero-order valence-corrected chi connectivity index (χ0v) is 17.4. The van der Waals surface area contributed by atoms with E-state index >= 15 is 0 Å². The fraction of sp³-hybridized carbons (Fsp3) is 0.409. The molecule has 0 atom stereocenters. The van der Waals surface area contributed by atoms with Gasteiger partial charge in [0.2, 0.25) is 0 Å². The van der Waals surface area contributed by atoms with Crippen LogP contribution in [0.5, 0.6) is 23.0 Å². The average Bonchev–Trinajstić information content (AvgIpc) is 2.78.